The van der Waals surface area contributed by atoms with Crippen LogP contribution in [-0.4, -0.2) is 40.6 Å². The SMILES string of the molecule is CCC(CC)NC(=O)N(CC(=O)O)C(C)CC. The Bertz CT molecular complexity index is 252. The molecule has 5 heteroatoms. The van der Waals surface area contributed by atoms with Crippen LogP contribution in [0.25, 0.3) is 0 Å². The lowest BCUT2D eigenvalue weighted by Gasteiger charge is -2.29. The molecule has 0 aliphatic heterocycles. The number of aliphatic carboxylic acids is 1. The first-order valence-electron chi connectivity index (χ1n) is 6.25. The largest absolute Gasteiger partial charge is 0.480 e. The number of rotatable bonds is 7. The van der Waals surface area contributed by atoms with Crippen LogP contribution in [0, 0.1) is 0 Å². The van der Waals surface area contributed by atoms with Crippen LogP contribution in [0.3, 0.4) is 0 Å². The van der Waals surface area contributed by atoms with Gasteiger partial charge in [-0.2, -0.15) is 0 Å². The molecular formula is C12H24N2O3. The van der Waals surface area contributed by atoms with E-state index in [4.69, 9.17) is 5.11 Å². The van der Waals surface area contributed by atoms with Crippen LogP contribution in [0.4, 0.5) is 4.79 Å². The van der Waals surface area contributed by atoms with Crippen molar-refractivity contribution < 1.29 is 14.7 Å². The number of carbonyl (C=O) groups excluding carboxylic acids is 1. The highest BCUT2D eigenvalue weighted by molar-refractivity contribution is 5.80. The first-order valence-corrected chi connectivity index (χ1v) is 6.25. The zero-order valence-corrected chi connectivity index (χ0v) is 11.2. The first kappa shape index (κ1) is 15.7. The molecule has 0 rings (SSSR count). The number of nitrogens with one attached hydrogen (secondary N) is 1. The van der Waals surface area contributed by atoms with Gasteiger partial charge in [0.2, 0.25) is 0 Å². The molecule has 1 atom stereocenters. The molecule has 2 N–H and O–H groups in total. The number of hydrogen-bond donors (Lipinski definition) is 2. The molecule has 0 fully saturated rings. The summed E-state index contributed by atoms with van der Waals surface area (Å²) in [5.41, 5.74) is 0. The van der Waals surface area contributed by atoms with Gasteiger partial charge in [0.1, 0.15) is 6.54 Å². The van der Waals surface area contributed by atoms with E-state index >= 15 is 0 Å². The van der Waals surface area contributed by atoms with E-state index in [1.807, 2.05) is 27.7 Å². The van der Waals surface area contributed by atoms with E-state index in [0.29, 0.717) is 0 Å². The van der Waals surface area contributed by atoms with Gasteiger partial charge in [0.05, 0.1) is 0 Å². The second-order valence-corrected chi connectivity index (χ2v) is 4.24. The lowest BCUT2D eigenvalue weighted by atomic mass is 10.2. The smallest absolute Gasteiger partial charge is 0.323 e. The monoisotopic (exact) mass is 244 g/mol. The van der Waals surface area contributed by atoms with E-state index < -0.39 is 5.97 Å². The van der Waals surface area contributed by atoms with Crippen LogP contribution < -0.4 is 5.32 Å². The molecule has 0 saturated heterocycles. The van der Waals surface area contributed by atoms with Gasteiger partial charge in [0.15, 0.2) is 0 Å². The minimum absolute atomic E-state index is 0.0690. The Kier molecular flexibility index (Phi) is 7.34. The summed E-state index contributed by atoms with van der Waals surface area (Å²) in [6.07, 6.45) is 2.44. The van der Waals surface area contributed by atoms with E-state index in [-0.39, 0.29) is 24.7 Å². The van der Waals surface area contributed by atoms with Crippen molar-refractivity contribution in [2.24, 2.45) is 0 Å². The summed E-state index contributed by atoms with van der Waals surface area (Å²) in [5, 5.41) is 11.7. The Balaban J connectivity index is 4.56. The Morgan fingerprint density at radius 1 is 1.18 bits per heavy atom. The Morgan fingerprint density at radius 3 is 2.06 bits per heavy atom. The van der Waals surface area contributed by atoms with Crippen molar-refractivity contribution in [1.82, 2.24) is 10.2 Å². The number of carboxylic acid groups (broad SMARTS) is 1. The molecule has 0 spiro atoms. The van der Waals surface area contributed by atoms with E-state index in [1.54, 1.807) is 0 Å². The highest BCUT2D eigenvalue weighted by Gasteiger charge is 2.22. The molecule has 0 aliphatic rings. The molecular weight excluding hydrogens is 220 g/mol. The summed E-state index contributed by atoms with van der Waals surface area (Å²) in [6, 6.07) is -0.237. The Labute approximate surface area is 103 Å². The quantitative estimate of drug-likeness (QED) is 0.720. The Morgan fingerprint density at radius 2 is 1.71 bits per heavy atom. The maximum Gasteiger partial charge on any atom is 0.323 e. The van der Waals surface area contributed by atoms with Gasteiger partial charge < -0.3 is 15.3 Å². The molecule has 0 aliphatic carbocycles. The van der Waals surface area contributed by atoms with E-state index in [1.165, 1.54) is 4.90 Å². The maximum absolute atomic E-state index is 12.0. The van der Waals surface area contributed by atoms with Gasteiger partial charge >= 0.3 is 12.0 Å². The van der Waals surface area contributed by atoms with Crippen molar-refractivity contribution in [1.29, 1.82) is 0 Å². The fourth-order valence-electron chi connectivity index (χ4n) is 1.54. The van der Waals surface area contributed by atoms with Gasteiger partial charge in [-0.15, -0.1) is 0 Å². The number of urea groups is 1. The summed E-state index contributed by atoms with van der Waals surface area (Å²) in [6.45, 7) is 7.54. The topological polar surface area (TPSA) is 69.6 Å². The van der Waals surface area contributed by atoms with Gasteiger partial charge in [-0.1, -0.05) is 20.8 Å². The van der Waals surface area contributed by atoms with Gasteiger partial charge in [0, 0.05) is 12.1 Å². The first-order chi connectivity index (χ1) is 7.96. The molecule has 100 valence electrons. The zero-order chi connectivity index (χ0) is 13.4. The fourth-order valence-corrected chi connectivity index (χ4v) is 1.54. The molecule has 0 radical (unpaired) electrons. The second kappa shape index (κ2) is 7.92. The van der Waals surface area contributed by atoms with E-state index in [2.05, 4.69) is 5.32 Å². The molecule has 0 heterocycles. The second-order valence-electron chi connectivity index (χ2n) is 4.24. The van der Waals surface area contributed by atoms with Gasteiger partial charge in [-0.25, -0.2) is 4.79 Å². The van der Waals surface area contributed by atoms with Crippen molar-refractivity contribution in [3.8, 4) is 0 Å². The summed E-state index contributed by atoms with van der Waals surface area (Å²) in [7, 11) is 0. The fraction of sp³-hybridized carbons (Fsp3) is 0.833. The van der Waals surface area contributed by atoms with E-state index in [9.17, 15) is 9.59 Å². The molecule has 0 saturated carbocycles. The summed E-state index contributed by atoms with van der Waals surface area (Å²) < 4.78 is 0. The van der Waals surface area contributed by atoms with Gasteiger partial charge in [-0.05, 0) is 26.2 Å². The average Bonchev–Trinajstić information content (AvgIpc) is 2.31. The van der Waals surface area contributed by atoms with Crippen LogP contribution in [0.5, 0.6) is 0 Å². The van der Waals surface area contributed by atoms with Crippen molar-refractivity contribution in [3.63, 3.8) is 0 Å². The van der Waals surface area contributed by atoms with Crippen LogP contribution in [0.2, 0.25) is 0 Å². The lowest BCUT2D eigenvalue weighted by Crippen LogP contribution is -2.50. The van der Waals surface area contributed by atoms with Crippen molar-refractivity contribution >= 4 is 12.0 Å². The minimum Gasteiger partial charge on any atom is -0.480 e. The minimum atomic E-state index is -0.981. The third-order valence-corrected chi connectivity index (χ3v) is 3.00. The predicted octanol–water partition coefficient (Wildman–Crippen LogP) is 2.07. The normalized spacial score (nSPS) is 12.3. The van der Waals surface area contributed by atoms with Crippen LogP contribution >= 0.6 is 0 Å². The summed E-state index contributed by atoms with van der Waals surface area (Å²) in [5.74, 6) is -0.981. The van der Waals surface area contributed by atoms with Gasteiger partial charge in [-0.3, -0.25) is 4.79 Å². The molecule has 2 amide bonds. The van der Waals surface area contributed by atoms with Crippen molar-refractivity contribution in [3.05, 3.63) is 0 Å². The third-order valence-electron chi connectivity index (χ3n) is 3.00. The average molecular weight is 244 g/mol. The lowest BCUT2D eigenvalue weighted by molar-refractivity contribution is -0.138. The summed E-state index contributed by atoms with van der Waals surface area (Å²) in [4.78, 5) is 24.1. The predicted molar refractivity (Wildman–Crippen MR) is 67.0 cm³/mol. The zero-order valence-electron chi connectivity index (χ0n) is 11.2. The summed E-state index contributed by atoms with van der Waals surface area (Å²) >= 11 is 0. The maximum atomic E-state index is 12.0. The highest BCUT2D eigenvalue weighted by Crippen LogP contribution is 2.05. The highest BCUT2D eigenvalue weighted by atomic mass is 16.4. The van der Waals surface area contributed by atoms with Crippen molar-refractivity contribution in [2.45, 2.75) is 59.0 Å². The molecule has 0 aromatic heterocycles. The molecule has 17 heavy (non-hydrogen) atoms. The third kappa shape index (κ3) is 5.56. The van der Waals surface area contributed by atoms with E-state index in [0.717, 1.165) is 19.3 Å². The van der Waals surface area contributed by atoms with Crippen LogP contribution in [0.1, 0.15) is 47.0 Å². The Hall–Kier alpha value is -1.26. The van der Waals surface area contributed by atoms with Crippen LogP contribution in [-0.2, 0) is 4.79 Å². The van der Waals surface area contributed by atoms with Crippen LogP contribution in [0.15, 0.2) is 0 Å². The number of carbonyl (C=O) groups is 2. The van der Waals surface area contributed by atoms with Gasteiger partial charge in [0.25, 0.3) is 0 Å². The number of amides is 2. The number of carboxylic acids is 1. The molecule has 0 bridgehead atoms. The molecule has 5 nitrogen and oxygen atoms in total. The standard InChI is InChI=1S/C12H24N2O3/c1-5-9(4)14(8-11(15)16)12(17)13-10(6-2)7-3/h9-10H,5-8H2,1-4H3,(H,13,17)(H,15,16). The number of hydrogen-bond acceptors (Lipinski definition) is 2. The molecule has 0 aromatic rings. The van der Waals surface area contributed by atoms with Crippen molar-refractivity contribution in [2.75, 3.05) is 6.54 Å². The number of nitrogens with zero attached hydrogens (tertiary/aromatic N) is 1. The molecule has 1 unspecified atom stereocenters. The molecule has 0 aromatic carbocycles.